The summed E-state index contributed by atoms with van der Waals surface area (Å²) in [7, 11) is 0. The monoisotopic (exact) mass is 418 g/mol. The molecule has 3 aromatic rings. The first-order valence-corrected chi connectivity index (χ1v) is 9.80. The molecule has 1 aromatic carbocycles. The molecule has 1 fully saturated rings. The lowest BCUT2D eigenvalue weighted by Gasteiger charge is -2.29. The first-order valence-electron chi connectivity index (χ1n) is 9.80. The normalized spacial score (nSPS) is 18.3. The van der Waals surface area contributed by atoms with E-state index in [1.807, 2.05) is 6.07 Å². The van der Waals surface area contributed by atoms with E-state index in [9.17, 15) is 14.4 Å². The molecule has 0 bridgehead atoms. The highest BCUT2D eigenvalue weighted by Crippen LogP contribution is 2.31. The minimum atomic E-state index is -0.675. The largest absolute Gasteiger partial charge is 0.392 e. The van der Waals surface area contributed by atoms with E-state index in [1.54, 1.807) is 41.3 Å². The van der Waals surface area contributed by atoms with E-state index >= 15 is 0 Å². The summed E-state index contributed by atoms with van der Waals surface area (Å²) >= 11 is 0. The Morgan fingerprint density at radius 2 is 2.00 bits per heavy atom. The molecule has 1 unspecified atom stereocenters. The minimum absolute atomic E-state index is 0.0895. The van der Waals surface area contributed by atoms with Crippen molar-refractivity contribution in [2.45, 2.75) is 32.0 Å². The van der Waals surface area contributed by atoms with Gasteiger partial charge in [0.25, 0.3) is 5.91 Å². The van der Waals surface area contributed by atoms with Crippen LogP contribution >= 0.6 is 0 Å². The number of fused-ring (bicyclic) bond motifs is 1. The Morgan fingerprint density at radius 3 is 2.74 bits per heavy atom. The molecule has 4 heterocycles. The number of benzene rings is 1. The summed E-state index contributed by atoms with van der Waals surface area (Å²) in [5.74, 6) is -1.01. The molecule has 156 valence electrons. The van der Waals surface area contributed by atoms with Crippen molar-refractivity contribution in [1.82, 2.24) is 30.2 Å². The molecule has 1 saturated heterocycles. The van der Waals surface area contributed by atoms with Crippen molar-refractivity contribution in [2.24, 2.45) is 0 Å². The Kier molecular flexibility index (Phi) is 4.55. The summed E-state index contributed by atoms with van der Waals surface area (Å²) in [6.07, 6.45) is 3.81. The number of piperidine rings is 1. The van der Waals surface area contributed by atoms with Crippen molar-refractivity contribution in [2.75, 3.05) is 0 Å². The Bertz CT molecular complexity index is 1200. The van der Waals surface area contributed by atoms with Gasteiger partial charge in [-0.2, -0.15) is 0 Å². The number of hydrogen-bond acceptors (Lipinski definition) is 7. The topological polar surface area (TPSA) is 130 Å². The lowest BCUT2D eigenvalue weighted by atomic mass is 10.0. The van der Waals surface area contributed by atoms with Crippen LogP contribution in [-0.2, 0) is 22.7 Å². The van der Waals surface area contributed by atoms with E-state index in [0.29, 0.717) is 34.6 Å². The van der Waals surface area contributed by atoms with E-state index in [2.05, 4.69) is 20.6 Å². The van der Waals surface area contributed by atoms with Gasteiger partial charge in [0.2, 0.25) is 11.8 Å². The molecule has 31 heavy (non-hydrogen) atoms. The van der Waals surface area contributed by atoms with E-state index in [1.165, 1.54) is 4.90 Å². The van der Waals surface area contributed by atoms with Gasteiger partial charge in [-0.3, -0.25) is 24.7 Å². The van der Waals surface area contributed by atoms with Gasteiger partial charge >= 0.3 is 0 Å². The summed E-state index contributed by atoms with van der Waals surface area (Å²) in [5, 5.41) is 19.8. The van der Waals surface area contributed by atoms with E-state index < -0.39 is 11.9 Å². The molecule has 0 saturated carbocycles. The van der Waals surface area contributed by atoms with Crippen molar-refractivity contribution in [3.8, 4) is 17.1 Å². The van der Waals surface area contributed by atoms with Crippen LogP contribution in [0.25, 0.3) is 17.1 Å². The van der Waals surface area contributed by atoms with Crippen LogP contribution in [0.3, 0.4) is 0 Å². The number of amides is 3. The average molecular weight is 418 g/mol. The second-order valence-electron chi connectivity index (χ2n) is 7.46. The van der Waals surface area contributed by atoms with Crippen LogP contribution in [0.2, 0.25) is 0 Å². The number of pyridine rings is 1. The van der Waals surface area contributed by atoms with Crippen LogP contribution in [-0.4, -0.2) is 53.7 Å². The Morgan fingerprint density at radius 1 is 1.13 bits per heavy atom. The third kappa shape index (κ3) is 3.26. The lowest BCUT2D eigenvalue weighted by molar-refractivity contribution is -0.136. The van der Waals surface area contributed by atoms with Crippen LogP contribution in [0.5, 0.6) is 0 Å². The standard InChI is InChI=1S/C21H18N6O4/c28-11-12-4-5-15(22-8-12)16-10-27(25-24-16)17-3-1-2-13-14(17)9-26(21(13)31)18-6-7-19(29)23-20(18)30/h1-5,8,10,18,28H,6-7,9,11H2,(H,23,29,30). The molecule has 3 amide bonds. The molecule has 10 heteroatoms. The number of nitrogens with one attached hydrogen (secondary N) is 1. The molecular formula is C21H18N6O4. The van der Waals surface area contributed by atoms with Crippen LogP contribution < -0.4 is 5.32 Å². The minimum Gasteiger partial charge on any atom is -0.392 e. The van der Waals surface area contributed by atoms with Gasteiger partial charge in [0, 0.05) is 30.3 Å². The molecule has 0 radical (unpaired) electrons. The van der Waals surface area contributed by atoms with Gasteiger partial charge in [0.1, 0.15) is 11.7 Å². The summed E-state index contributed by atoms with van der Waals surface area (Å²) in [5.41, 5.74) is 3.79. The number of imide groups is 1. The second kappa shape index (κ2) is 7.40. The van der Waals surface area contributed by atoms with E-state index in [-0.39, 0.29) is 31.4 Å². The zero-order valence-electron chi connectivity index (χ0n) is 16.4. The quantitative estimate of drug-likeness (QED) is 0.593. The highest BCUT2D eigenvalue weighted by atomic mass is 16.3. The Balaban J connectivity index is 1.45. The van der Waals surface area contributed by atoms with Crippen LogP contribution in [0.1, 0.15) is 34.3 Å². The van der Waals surface area contributed by atoms with Gasteiger partial charge in [0.05, 0.1) is 24.2 Å². The predicted octanol–water partition coefficient (Wildman–Crippen LogP) is 0.583. The Labute approximate surface area is 176 Å². The maximum absolute atomic E-state index is 13.0. The average Bonchev–Trinajstić information content (AvgIpc) is 3.39. The zero-order chi connectivity index (χ0) is 21.5. The zero-order valence-corrected chi connectivity index (χ0v) is 16.4. The maximum Gasteiger partial charge on any atom is 0.255 e. The van der Waals surface area contributed by atoms with E-state index in [4.69, 9.17) is 5.11 Å². The summed E-state index contributed by atoms with van der Waals surface area (Å²) in [6, 6.07) is 8.16. The summed E-state index contributed by atoms with van der Waals surface area (Å²) < 4.78 is 1.58. The number of aromatic nitrogens is 4. The van der Waals surface area contributed by atoms with Gasteiger partial charge < -0.3 is 10.0 Å². The molecule has 1 atom stereocenters. The molecule has 2 aliphatic heterocycles. The van der Waals surface area contributed by atoms with Crippen LogP contribution in [0.15, 0.2) is 42.7 Å². The van der Waals surface area contributed by atoms with Crippen molar-refractivity contribution in [3.05, 3.63) is 59.4 Å². The molecule has 2 aromatic heterocycles. The lowest BCUT2D eigenvalue weighted by Crippen LogP contribution is -2.52. The van der Waals surface area contributed by atoms with Gasteiger partial charge in [-0.1, -0.05) is 17.3 Å². The van der Waals surface area contributed by atoms with Gasteiger partial charge in [0.15, 0.2) is 0 Å². The van der Waals surface area contributed by atoms with Crippen LogP contribution in [0, 0.1) is 0 Å². The molecule has 5 rings (SSSR count). The smallest absolute Gasteiger partial charge is 0.255 e. The number of nitrogens with zero attached hydrogens (tertiary/aromatic N) is 5. The molecule has 0 spiro atoms. The fourth-order valence-electron chi connectivity index (χ4n) is 3.95. The van der Waals surface area contributed by atoms with Crippen molar-refractivity contribution >= 4 is 17.7 Å². The molecule has 0 aliphatic carbocycles. The first-order chi connectivity index (χ1) is 15.0. The second-order valence-corrected chi connectivity index (χ2v) is 7.46. The maximum atomic E-state index is 13.0. The number of carbonyl (C=O) groups is 3. The third-order valence-corrected chi connectivity index (χ3v) is 5.57. The van der Waals surface area contributed by atoms with Crippen molar-refractivity contribution in [1.29, 1.82) is 0 Å². The van der Waals surface area contributed by atoms with Crippen molar-refractivity contribution in [3.63, 3.8) is 0 Å². The molecule has 2 N–H and O–H groups in total. The fraction of sp³-hybridized carbons (Fsp3) is 0.238. The highest BCUT2D eigenvalue weighted by Gasteiger charge is 2.40. The van der Waals surface area contributed by atoms with Gasteiger partial charge in [-0.15, -0.1) is 5.10 Å². The molecule has 10 nitrogen and oxygen atoms in total. The van der Waals surface area contributed by atoms with Gasteiger partial charge in [-0.25, -0.2) is 4.68 Å². The number of hydrogen-bond donors (Lipinski definition) is 2. The van der Waals surface area contributed by atoms with Crippen LogP contribution in [0.4, 0.5) is 0 Å². The summed E-state index contributed by atoms with van der Waals surface area (Å²) in [4.78, 5) is 42.5. The number of aliphatic hydroxyl groups excluding tert-OH is 1. The molecule has 2 aliphatic rings. The number of rotatable bonds is 4. The third-order valence-electron chi connectivity index (χ3n) is 5.57. The first kappa shape index (κ1) is 19.1. The Hall–Kier alpha value is -3.92. The van der Waals surface area contributed by atoms with Crippen molar-refractivity contribution < 1.29 is 19.5 Å². The number of aliphatic hydroxyl groups is 1. The van der Waals surface area contributed by atoms with Gasteiger partial charge in [-0.05, 0) is 30.2 Å². The van der Waals surface area contributed by atoms with E-state index in [0.717, 1.165) is 5.56 Å². The predicted molar refractivity (Wildman–Crippen MR) is 107 cm³/mol. The molecular weight excluding hydrogens is 400 g/mol. The summed E-state index contributed by atoms with van der Waals surface area (Å²) in [6.45, 7) is 0.156. The fourth-order valence-corrected chi connectivity index (χ4v) is 3.95. The SMILES string of the molecule is O=C1CCC(N2Cc3c(cccc3-n3cc(-c4ccc(CO)cn4)nn3)C2=O)C(=O)N1. The number of carbonyl (C=O) groups excluding carboxylic acids is 3. The highest BCUT2D eigenvalue weighted by molar-refractivity contribution is 6.05.